The monoisotopic (exact) mass is 293 g/mol. The standard InChI is InChI=1S/C13H15N3O3S/c1-20(17,18)10-6-4-9(5-7-10)12-15-13(19-16-12)11-3-2-8-14-11/h4-7,11,14H,2-3,8H2,1H3/t11-/m1/s1. The van der Waals surface area contributed by atoms with E-state index >= 15 is 0 Å². The maximum Gasteiger partial charge on any atom is 0.244 e. The number of rotatable bonds is 3. The van der Waals surface area contributed by atoms with Crippen LogP contribution in [0.4, 0.5) is 0 Å². The van der Waals surface area contributed by atoms with Gasteiger partial charge in [-0.15, -0.1) is 0 Å². The smallest absolute Gasteiger partial charge is 0.244 e. The summed E-state index contributed by atoms with van der Waals surface area (Å²) in [7, 11) is -3.18. The second-order valence-electron chi connectivity index (χ2n) is 4.90. The predicted molar refractivity (Wildman–Crippen MR) is 72.8 cm³/mol. The quantitative estimate of drug-likeness (QED) is 0.924. The van der Waals surface area contributed by atoms with Crippen LogP contribution < -0.4 is 5.32 Å². The Kier molecular flexibility index (Phi) is 3.31. The van der Waals surface area contributed by atoms with Gasteiger partial charge in [-0.2, -0.15) is 4.98 Å². The summed E-state index contributed by atoms with van der Waals surface area (Å²) < 4.78 is 28.1. The Labute approximate surface area is 117 Å². The molecule has 1 aliphatic heterocycles. The first kappa shape index (κ1) is 13.3. The fourth-order valence-corrected chi connectivity index (χ4v) is 2.87. The number of benzene rings is 1. The van der Waals surface area contributed by atoms with Gasteiger partial charge in [0.25, 0.3) is 0 Å². The third kappa shape index (κ3) is 2.59. The average Bonchev–Trinajstić information content (AvgIpc) is 3.09. The van der Waals surface area contributed by atoms with Crippen molar-refractivity contribution in [1.82, 2.24) is 15.5 Å². The molecule has 2 heterocycles. The SMILES string of the molecule is CS(=O)(=O)c1ccc(-c2noc([C@H]3CCCN3)n2)cc1. The van der Waals surface area contributed by atoms with Crippen molar-refractivity contribution >= 4 is 9.84 Å². The zero-order chi connectivity index (χ0) is 14.2. The Hall–Kier alpha value is -1.73. The summed E-state index contributed by atoms with van der Waals surface area (Å²) in [6, 6.07) is 6.61. The first-order chi connectivity index (χ1) is 9.54. The third-order valence-electron chi connectivity index (χ3n) is 3.34. The lowest BCUT2D eigenvalue weighted by atomic mass is 10.2. The molecule has 3 rings (SSSR count). The lowest BCUT2D eigenvalue weighted by Gasteiger charge is -2.01. The Balaban J connectivity index is 1.86. The van der Waals surface area contributed by atoms with E-state index in [9.17, 15) is 8.42 Å². The van der Waals surface area contributed by atoms with Crippen LogP contribution in [0.3, 0.4) is 0 Å². The Morgan fingerprint density at radius 1 is 1.30 bits per heavy atom. The highest BCUT2D eigenvalue weighted by atomic mass is 32.2. The molecule has 6 nitrogen and oxygen atoms in total. The molecular weight excluding hydrogens is 278 g/mol. The molecule has 0 bridgehead atoms. The molecule has 0 radical (unpaired) electrons. The predicted octanol–water partition coefficient (Wildman–Crippen LogP) is 1.56. The minimum atomic E-state index is -3.18. The van der Waals surface area contributed by atoms with E-state index in [1.165, 1.54) is 6.26 Å². The molecule has 1 N–H and O–H groups in total. The molecule has 0 amide bonds. The highest BCUT2D eigenvalue weighted by Crippen LogP contribution is 2.24. The van der Waals surface area contributed by atoms with Crippen molar-refractivity contribution in [2.75, 3.05) is 12.8 Å². The van der Waals surface area contributed by atoms with Gasteiger partial charge < -0.3 is 9.84 Å². The highest BCUT2D eigenvalue weighted by Gasteiger charge is 2.22. The molecule has 2 aromatic rings. The van der Waals surface area contributed by atoms with Gasteiger partial charge in [-0.3, -0.25) is 0 Å². The van der Waals surface area contributed by atoms with Crippen LogP contribution in [0.15, 0.2) is 33.7 Å². The molecule has 7 heteroatoms. The Bertz CT molecular complexity index is 701. The normalized spacial score (nSPS) is 19.4. The summed E-state index contributed by atoms with van der Waals surface area (Å²) in [6.07, 6.45) is 3.28. The van der Waals surface area contributed by atoms with Gasteiger partial charge in [0.05, 0.1) is 10.9 Å². The van der Waals surface area contributed by atoms with E-state index in [-0.39, 0.29) is 10.9 Å². The van der Waals surface area contributed by atoms with E-state index < -0.39 is 9.84 Å². The van der Waals surface area contributed by atoms with Gasteiger partial charge in [-0.1, -0.05) is 5.16 Å². The minimum Gasteiger partial charge on any atom is -0.337 e. The molecular formula is C13H15N3O3S. The van der Waals surface area contributed by atoms with Crippen LogP contribution in [0.1, 0.15) is 24.8 Å². The summed E-state index contributed by atoms with van der Waals surface area (Å²) in [5.74, 6) is 1.07. The second-order valence-corrected chi connectivity index (χ2v) is 6.92. The van der Waals surface area contributed by atoms with Crippen molar-refractivity contribution < 1.29 is 12.9 Å². The number of hydrogen-bond acceptors (Lipinski definition) is 6. The summed E-state index contributed by atoms with van der Waals surface area (Å²) in [4.78, 5) is 4.64. The second kappa shape index (κ2) is 4.99. The lowest BCUT2D eigenvalue weighted by molar-refractivity contribution is 0.345. The van der Waals surface area contributed by atoms with E-state index in [1.807, 2.05) is 0 Å². The number of hydrogen-bond donors (Lipinski definition) is 1. The van der Waals surface area contributed by atoms with E-state index in [1.54, 1.807) is 24.3 Å². The van der Waals surface area contributed by atoms with Gasteiger partial charge in [0.2, 0.25) is 11.7 Å². The van der Waals surface area contributed by atoms with Crippen molar-refractivity contribution in [3.63, 3.8) is 0 Å². The van der Waals surface area contributed by atoms with Crippen LogP contribution in [0, 0.1) is 0 Å². The summed E-state index contributed by atoms with van der Waals surface area (Å²) >= 11 is 0. The first-order valence-electron chi connectivity index (χ1n) is 6.41. The molecule has 1 aromatic heterocycles. The molecule has 1 atom stereocenters. The molecule has 1 aliphatic rings. The number of nitrogens with one attached hydrogen (secondary N) is 1. The van der Waals surface area contributed by atoms with Crippen LogP contribution in [0.5, 0.6) is 0 Å². The largest absolute Gasteiger partial charge is 0.337 e. The third-order valence-corrected chi connectivity index (χ3v) is 4.47. The zero-order valence-corrected chi connectivity index (χ0v) is 11.9. The summed E-state index contributed by atoms with van der Waals surface area (Å²) in [6.45, 7) is 0.964. The molecule has 0 aliphatic carbocycles. The number of sulfone groups is 1. The summed E-state index contributed by atoms with van der Waals surface area (Å²) in [5, 5.41) is 7.24. The van der Waals surface area contributed by atoms with Crippen LogP contribution in [0.2, 0.25) is 0 Å². The maximum atomic E-state index is 11.4. The molecule has 0 spiro atoms. The van der Waals surface area contributed by atoms with Crippen LogP contribution in [-0.2, 0) is 9.84 Å². The minimum absolute atomic E-state index is 0.131. The van der Waals surface area contributed by atoms with Crippen molar-refractivity contribution in [3.05, 3.63) is 30.2 Å². The van der Waals surface area contributed by atoms with E-state index in [0.717, 1.165) is 24.9 Å². The maximum absolute atomic E-state index is 11.4. The van der Waals surface area contributed by atoms with E-state index in [2.05, 4.69) is 15.5 Å². The lowest BCUT2D eigenvalue weighted by Crippen LogP contribution is -2.12. The van der Waals surface area contributed by atoms with E-state index in [4.69, 9.17) is 4.52 Å². The van der Waals surface area contributed by atoms with Crippen molar-refractivity contribution in [2.45, 2.75) is 23.8 Å². The fraction of sp³-hybridized carbons (Fsp3) is 0.385. The van der Waals surface area contributed by atoms with Gasteiger partial charge in [-0.05, 0) is 43.7 Å². The van der Waals surface area contributed by atoms with Gasteiger partial charge in [0, 0.05) is 11.8 Å². The molecule has 106 valence electrons. The Morgan fingerprint density at radius 3 is 2.65 bits per heavy atom. The Morgan fingerprint density at radius 2 is 2.05 bits per heavy atom. The molecule has 1 aromatic carbocycles. The number of aromatic nitrogens is 2. The molecule has 20 heavy (non-hydrogen) atoms. The van der Waals surface area contributed by atoms with Crippen LogP contribution >= 0.6 is 0 Å². The van der Waals surface area contributed by atoms with Gasteiger partial charge in [0.1, 0.15) is 0 Å². The van der Waals surface area contributed by atoms with Crippen LogP contribution in [-0.4, -0.2) is 31.4 Å². The zero-order valence-electron chi connectivity index (χ0n) is 11.0. The molecule has 0 unspecified atom stereocenters. The highest BCUT2D eigenvalue weighted by molar-refractivity contribution is 7.90. The number of nitrogens with zero attached hydrogens (tertiary/aromatic N) is 2. The average molecular weight is 293 g/mol. The van der Waals surface area contributed by atoms with Crippen molar-refractivity contribution in [3.8, 4) is 11.4 Å². The summed E-state index contributed by atoms with van der Waals surface area (Å²) in [5.41, 5.74) is 0.741. The van der Waals surface area contributed by atoms with Gasteiger partial charge in [0.15, 0.2) is 9.84 Å². The first-order valence-corrected chi connectivity index (χ1v) is 8.31. The van der Waals surface area contributed by atoms with Crippen LogP contribution in [0.25, 0.3) is 11.4 Å². The van der Waals surface area contributed by atoms with Gasteiger partial charge in [-0.25, -0.2) is 8.42 Å². The molecule has 0 saturated carbocycles. The fourth-order valence-electron chi connectivity index (χ4n) is 2.24. The molecule has 1 fully saturated rings. The van der Waals surface area contributed by atoms with E-state index in [0.29, 0.717) is 11.7 Å². The molecule has 1 saturated heterocycles. The van der Waals surface area contributed by atoms with Crippen molar-refractivity contribution in [1.29, 1.82) is 0 Å². The van der Waals surface area contributed by atoms with Gasteiger partial charge >= 0.3 is 0 Å². The topological polar surface area (TPSA) is 85.1 Å². The van der Waals surface area contributed by atoms with Crippen molar-refractivity contribution in [2.24, 2.45) is 0 Å².